The first-order valence-corrected chi connectivity index (χ1v) is 8.39. The smallest absolute Gasteiger partial charge is 0.229 e. The summed E-state index contributed by atoms with van der Waals surface area (Å²) in [5, 5.41) is 13.1. The molecule has 1 aromatic rings. The van der Waals surface area contributed by atoms with Crippen LogP contribution in [-0.4, -0.2) is 10.1 Å². The SMILES string of the molecule is CC(CCC#N)c1nc(C23CC4CC(CC(C4)C2)C3)no1. The highest BCUT2D eigenvalue weighted by Gasteiger charge is 2.53. The average molecular weight is 285 g/mol. The number of nitriles is 1. The molecule has 0 saturated heterocycles. The number of hydrogen-bond donors (Lipinski definition) is 0. The summed E-state index contributed by atoms with van der Waals surface area (Å²) in [4.78, 5) is 4.77. The van der Waals surface area contributed by atoms with Crippen molar-refractivity contribution in [3.8, 4) is 6.07 Å². The molecule has 0 spiro atoms. The van der Waals surface area contributed by atoms with Gasteiger partial charge in [-0.1, -0.05) is 12.1 Å². The molecule has 4 nitrogen and oxygen atoms in total. The molecule has 21 heavy (non-hydrogen) atoms. The van der Waals surface area contributed by atoms with Gasteiger partial charge in [0.25, 0.3) is 0 Å². The Morgan fingerprint density at radius 3 is 2.43 bits per heavy atom. The number of hydrogen-bond acceptors (Lipinski definition) is 4. The quantitative estimate of drug-likeness (QED) is 0.840. The van der Waals surface area contributed by atoms with E-state index in [9.17, 15) is 0 Å². The Kier molecular flexibility index (Phi) is 3.06. The van der Waals surface area contributed by atoms with Gasteiger partial charge < -0.3 is 4.52 Å². The van der Waals surface area contributed by atoms with E-state index >= 15 is 0 Å². The molecule has 0 amide bonds. The maximum atomic E-state index is 8.70. The highest BCUT2D eigenvalue weighted by Crippen LogP contribution is 2.60. The van der Waals surface area contributed by atoms with Gasteiger partial charge in [-0.3, -0.25) is 0 Å². The lowest BCUT2D eigenvalue weighted by Gasteiger charge is -2.55. The van der Waals surface area contributed by atoms with Crippen LogP contribution in [0, 0.1) is 29.1 Å². The zero-order chi connectivity index (χ0) is 14.4. The Hall–Kier alpha value is -1.37. The van der Waals surface area contributed by atoms with Gasteiger partial charge in [-0.25, -0.2) is 0 Å². The zero-order valence-corrected chi connectivity index (χ0v) is 12.7. The van der Waals surface area contributed by atoms with Crippen molar-refractivity contribution >= 4 is 0 Å². The Bertz CT molecular complexity index is 536. The fraction of sp³-hybridized carbons (Fsp3) is 0.824. The predicted molar refractivity (Wildman–Crippen MR) is 77.4 cm³/mol. The lowest BCUT2D eigenvalue weighted by molar-refractivity contribution is -0.0103. The summed E-state index contributed by atoms with van der Waals surface area (Å²) >= 11 is 0. The van der Waals surface area contributed by atoms with Gasteiger partial charge in [0.15, 0.2) is 5.82 Å². The highest BCUT2D eigenvalue weighted by molar-refractivity contribution is 5.17. The van der Waals surface area contributed by atoms with E-state index in [4.69, 9.17) is 14.8 Å². The first-order valence-electron chi connectivity index (χ1n) is 8.39. The second-order valence-electron chi connectivity index (χ2n) is 7.75. The van der Waals surface area contributed by atoms with Crippen LogP contribution < -0.4 is 0 Å². The number of nitrogens with zero attached hydrogens (tertiary/aromatic N) is 3. The molecule has 1 heterocycles. The summed E-state index contributed by atoms with van der Waals surface area (Å²) in [5.41, 5.74) is 0.214. The van der Waals surface area contributed by atoms with Crippen LogP contribution in [0.3, 0.4) is 0 Å². The van der Waals surface area contributed by atoms with Crippen molar-refractivity contribution < 1.29 is 4.52 Å². The van der Waals surface area contributed by atoms with Crippen molar-refractivity contribution in [1.29, 1.82) is 5.26 Å². The minimum Gasteiger partial charge on any atom is -0.339 e. The molecular weight excluding hydrogens is 262 g/mol. The molecule has 1 atom stereocenters. The zero-order valence-electron chi connectivity index (χ0n) is 12.7. The van der Waals surface area contributed by atoms with Crippen LogP contribution in [-0.2, 0) is 5.41 Å². The molecule has 4 saturated carbocycles. The number of rotatable bonds is 4. The molecule has 4 fully saturated rings. The van der Waals surface area contributed by atoms with Crippen LogP contribution >= 0.6 is 0 Å². The first kappa shape index (κ1) is 13.3. The van der Waals surface area contributed by atoms with Gasteiger partial charge in [-0.05, 0) is 62.7 Å². The minimum absolute atomic E-state index is 0.194. The van der Waals surface area contributed by atoms with Crippen molar-refractivity contribution in [2.45, 2.75) is 69.6 Å². The summed E-state index contributed by atoms with van der Waals surface area (Å²) in [6, 6.07) is 2.19. The van der Waals surface area contributed by atoms with Gasteiger partial charge in [0.2, 0.25) is 5.89 Å². The molecule has 112 valence electrons. The topological polar surface area (TPSA) is 62.7 Å². The summed E-state index contributed by atoms with van der Waals surface area (Å²) in [5.74, 6) is 4.59. The molecule has 4 bridgehead atoms. The minimum atomic E-state index is 0.194. The van der Waals surface area contributed by atoms with Gasteiger partial charge in [-0.2, -0.15) is 10.2 Å². The van der Waals surface area contributed by atoms with Crippen LogP contribution in [0.2, 0.25) is 0 Å². The van der Waals surface area contributed by atoms with Gasteiger partial charge in [0, 0.05) is 17.8 Å². The van der Waals surface area contributed by atoms with Crippen LogP contribution in [0.4, 0.5) is 0 Å². The lowest BCUT2D eigenvalue weighted by atomic mass is 9.49. The van der Waals surface area contributed by atoms with Crippen LogP contribution in [0.1, 0.15) is 75.9 Å². The van der Waals surface area contributed by atoms with Crippen LogP contribution in [0.15, 0.2) is 4.52 Å². The predicted octanol–water partition coefficient (Wildman–Crippen LogP) is 3.94. The Morgan fingerprint density at radius 1 is 1.24 bits per heavy atom. The van der Waals surface area contributed by atoms with Gasteiger partial charge in [-0.15, -0.1) is 0 Å². The molecule has 4 aliphatic rings. The molecular formula is C17H23N3O. The molecule has 1 unspecified atom stereocenters. The normalized spacial score (nSPS) is 38.4. The van der Waals surface area contributed by atoms with E-state index in [2.05, 4.69) is 18.1 Å². The molecule has 1 aromatic heterocycles. The Balaban J connectivity index is 1.57. The van der Waals surface area contributed by atoms with E-state index < -0.39 is 0 Å². The number of aromatic nitrogens is 2. The van der Waals surface area contributed by atoms with E-state index in [0.29, 0.717) is 6.42 Å². The Morgan fingerprint density at radius 2 is 1.86 bits per heavy atom. The maximum Gasteiger partial charge on any atom is 0.229 e. The molecule has 5 rings (SSSR count). The van der Waals surface area contributed by atoms with Crippen LogP contribution in [0.5, 0.6) is 0 Å². The van der Waals surface area contributed by atoms with E-state index in [1.165, 1.54) is 38.5 Å². The van der Waals surface area contributed by atoms with Crippen molar-refractivity contribution in [2.24, 2.45) is 17.8 Å². The molecule has 4 heteroatoms. The third-order valence-corrected chi connectivity index (χ3v) is 6.07. The first-order chi connectivity index (χ1) is 10.2. The lowest BCUT2D eigenvalue weighted by Crippen LogP contribution is -2.49. The van der Waals surface area contributed by atoms with E-state index in [-0.39, 0.29) is 11.3 Å². The van der Waals surface area contributed by atoms with Crippen molar-refractivity contribution in [1.82, 2.24) is 10.1 Å². The molecule has 4 aliphatic carbocycles. The summed E-state index contributed by atoms with van der Waals surface area (Å²) in [7, 11) is 0. The van der Waals surface area contributed by atoms with E-state index in [1.54, 1.807) is 0 Å². The van der Waals surface area contributed by atoms with E-state index in [1.807, 2.05) is 0 Å². The molecule has 0 radical (unpaired) electrons. The Labute approximate surface area is 125 Å². The van der Waals surface area contributed by atoms with Crippen molar-refractivity contribution in [3.63, 3.8) is 0 Å². The molecule has 0 N–H and O–H groups in total. The van der Waals surface area contributed by atoms with Crippen LogP contribution in [0.25, 0.3) is 0 Å². The fourth-order valence-corrected chi connectivity index (χ4v) is 5.44. The highest BCUT2D eigenvalue weighted by atomic mass is 16.5. The fourth-order valence-electron chi connectivity index (χ4n) is 5.44. The average Bonchev–Trinajstić information content (AvgIpc) is 2.94. The third kappa shape index (κ3) is 2.18. The summed E-state index contributed by atoms with van der Waals surface area (Å²) < 4.78 is 5.54. The van der Waals surface area contributed by atoms with E-state index in [0.717, 1.165) is 35.9 Å². The standard InChI is InChI=1S/C17H23N3O/c1-11(3-2-4-18)15-19-16(20-21-15)17-8-12-5-13(9-17)7-14(6-12)10-17/h11-14H,2-3,5-10H2,1H3. The molecule has 0 aliphatic heterocycles. The molecule has 0 aromatic carbocycles. The van der Waals surface area contributed by atoms with Crippen molar-refractivity contribution in [3.05, 3.63) is 11.7 Å². The van der Waals surface area contributed by atoms with Gasteiger partial charge in [0.1, 0.15) is 0 Å². The summed E-state index contributed by atoms with van der Waals surface area (Å²) in [6.07, 6.45) is 9.46. The second-order valence-corrected chi connectivity index (χ2v) is 7.75. The summed E-state index contributed by atoms with van der Waals surface area (Å²) in [6.45, 7) is 2.08. The van der Waals surface area contributed by atoms with Crippen molar-refractivity contribution in [2.75, 3.05) is 0 Å². The largest absolute Gasteiger partial charge is 0.339 e. The third-order valence-electron chi connectivity index (χ3n) is 6.07. The maximum absolute atomic E-state index is 8.70. The second kappa shape index (κ2) is 4.83. The van der Waals surface area contributed by atoms with Gasteiger partial charge in [0.05, 0.1) is 6.07 Å². The van der Waals surface area contributed by atoms with Gasteiger partial charge >= 0.3 is 0 Å². The monoisotopic (exact) mass is 285 g/mol.